The van der Waals surface area contributed by atoms with E-state index in [0.29, 0.717) is 19.4 Å². The Labute approximate surface area is 162 Å². The van der Waals surface area contributed by atoms with Crippen LogP contribution in [0, 0.1) is 0 Å². The number of epoxide rings is 1. The van der Waals surface area contributed by atoms with Gasteiger partial charge in [0.05, 0.1) is 0 Å². The molecule has 1 fully saturated rings. The maximum Gasteiger partial charge on any atom is 0.336 e. The summed E-state index contributed by atoms with van der Waals surface area (Å²) in [5, 5.41) is 14.3. The van der Waals surface area contributed by atoms with Crippen molar-refractivity contribution in [3.05, 3.63) is 71.8 Å². The fraction of sp³-hybridized carbons (Fsp3) is 0.286. The molecule has 1 aliphatic rings. The quantitative estimate of drug-likeness (QED) is 0.566. The normalized spacial score (nSPS) is 18.7. The van der Waals surface area contributed by atoms with Gasteiger partial charge < -0.3 is 20.5 Å². The molecule has 0 aromatic heterocycles. The second kappa shape index (κ2) is 9.14. The molecule has 1 saturated heterocycles. The number of carboxylic acid groups (broad SMARTS) is 1. The summed E-state index contributed by atoms with van der Waals surface area (Å²) < 4.78 is 4.87. The van der Waals surface area contributed by atoms with E-state index in [1.807, 2.05) is 60.7 Å². The second-order valence-corrected chi connectivity index (χ2v) is 6.60. The van der Waals surface area contributed by atoms with Crippen LogP contribution < -0.4 is 10.6 Å². The summed E-state index contributed by atoms with van der Waals surface area (Å²) in [6.45, 7) is 0.342. The van der Waals surface area contributed by atoms with Crippen molar-refractivity contribution in [2.45, 2.75) is 37.6 Å². The molecule has 0 saturated carbocycles. The number of aryl methyl sites for hydroxylation is 1. The summed E-state index contributed by atoms with van der Waals surface area (Å²) in [5.74, 6) is -2.09. The Morgan fingerprint density at radius 3 is 2.11 bits per heavy atom. The molecule has 0 unspecified atom stereocenters. The first-order valence-corrected chi connectivity index (χ1v) is 9.09. The number of aliphatic carboxylic acids is 1. The minimum Gasteiger partial charge on any atom is -0.479 e. The van der Waals surface area contributed by atoms with E-state index in [1.165, 1.54) is 0 Å². The van der Waals surface area contributed by atoms with E-state index in [4.69, 9.17) is 9.84 Å². The number of benzene rings is 2. The minimum atomic E-state index is -1.19. The van der Waals surface area contributed by atoms with Crippen molar-refractivity contribution in [3.8, 4) is 0 Å². The van der Waals surface area contributed by atoms with E-state index in [1.54, 1.807) is 0 Å². The molecule has 2 aromatic carbocycles. The molecule has 1 heterocycles. The third kappa shape index (κ3) is 5.40. The molecule has 0 spiro atoms. The molecule has 146 valence electrons. The largest absolute Gasteiger partial charge is 0.479 e. The summed E-state index contributed by atoms with van der Waals surface area (Å²) >= 11 is 0. The smallest absolute Gasteiger partial charge is 0.336 e. The molecule has 0 aliphatic carbocycles. The van der Waals surface area contributed by atoms with E-state index in [0.717, 1.165) is 11.1 Å². The lowest BCUT2D eigenvalue weighted by molar-refractivity contribution is -0.138. The number of ether oxygens (including phenoxy) is 1. The zero-order valence-corrected chi connectivity index (χ0v) is 15.2. The van der Waals surface area contributed by atoms with Crippen molar-refractivity contribution in [2.75, 3.05) is 0 Å². The molecule has 3 atom stereocenters. The van der Waals surface area contributed by atoms with Crippen LogP contribution in [0.4, 0.5) is 0 Å². The molecular weight excluding hydrogens is 360 g/mol. The van der Waals surface area contributed by atoms with Gasteiger partial charge in [-0.1, -0.05) is 60.7 Å². The van der Waals surface area contributed by atoms with Gasteiger partial charge in [0.15, 0.2) is 12.2 Å². The van der Waals surface area contributed by atoms with Crippen LogP contribution in [0.15, 0.2) is 60.7 Å². The molecule has 2 amide bonds. The predicted octanol–water partition coefficient (Wildman–Crippen LogP) is 1.27. The van der Waals surface area contributed by atoms with Crippen LogP contribution in [0.3, 0.4) is 0 Å². The van der Waals surface area contributed by atoms with Gasteiger partial charge in [0.2, 0.25) is 5.91 Å². The summed E-state index contributed by atoms with van der Waals surface area (Å²) in [6.07, 6.45) is -1.19. The van der Waals surface area contributed by atoms with Crippen LogP contribution in [0.2, 0.25) is 0 Å². The Balaban J connectivity index is 1.60. The van der Waals surface area contributed by atoms with Gasteiger partial charge >= 0.3 is 5.97 Å². The molecule has 0 bridgehead atoms. The molecular formula is C21H22N2O5. The number of hydrogen-bond acceptors (Lipinski definition) is 4. The van der Waals surface area contributed by atoms with Crippen molar-refractivity contribution in [1.82, 2.24) is 10.6 Å². The summed E-state index contributed by atoms with van der Waals surface area (Å²) in [5.41, 5.74) is 1.99. The molecule has 3 N–H and O–H groups in total. The van der Waals surface area contributed by atoms with E-state index in [2.05, 4.69) is 10.6 Å². The van der Waals surface area contributed by atoms with Crippen molar-refractivity contribution < 1.29 is 24.2 Å². The SMILES string of the molecule is O=C(NCc1ccccc1)[C@H](CCc1ccccc1)NC(=O)[C@H]1O[C@@H]1C(=O)O. The number of carbonyl (C=O) groups excluding carboxylic acids is 2. The summed E-state index contributed by atoms with van der Waals surface area (Å²) in [6, 6.07) is 18.3. The molecule has 2 aromatic rings. The maximum atomic E-state index is 12.6. The maximum absolute atomic E-state index is 12.6. The van der Waals surface area contributed by atoms with Crippen molar-refractivity contribution in [2.24, 2.45) is 0 Å². The van der Waals surface area contributed by atoms with Gasteiger partial charge in [-0.15, -0.1) is 0 Å². The number of nitrogens with one attached hydrogen (secondary N) is 2. The van der Waals surface area contributed by atoms with Gasteiger partial charge in [0.25, 0.3) is 5.91 Å². The highest BCUT2D eigenvalue weighted by molar-refractivity contribution is 5.95. The van der Waals surface area contributed by atoms with Crippen molar-refractivity contribution in [1.29, 1.82) is 0 Å². The third-order valence-electron chi connectivity index (χ3n) is 4.50. The average molecular weight is 382 g/mol. The molecule has 7 heteroatoms. The Morgan fingerprint density at radius 2 is 1.54 bits per heavy atom. The Bertz CT molecular complexity index is 825. The highest BCUT2D eigenvalue weighted by atomic mass is 16.6. The van der Waals surface area contributed by atoms with Crippen LogP contribution in [0.25, 0.3) is 0 Å². The molecule has 7 nitrogen and oxygen atoms in total. The molecule has 0 radical (unpaired) electrons. The van der Waals surface area contributed by atoms with Crippen molar-refractivity contribution in [3.63, 3.8) is 0 Å². The number of hydrogen-bond donors (Lipinski definition) is 3. The van der Waals surface area contributed by atoms with Crippen LogP contribution in [0.5, 0.6) is 0 Å². The first kappa shape index (κ1) is 19.6. The second-order valence-electron chi connectivity index (χ2n) is 6.60. The van der Waals surface area contributed by atoms with Gasteiger partial charge in [0.1, 0.15) is 6.04 Å². The lowest BCUT2D eigenvalue weighted by Gasteiger charge is -2.18. The van der Waals surface area contributed by atoms with Gasteiger partial charge in [-0.05, 0) is 24.0 Å². The lowest BCUT2D eigenvalue weighted by Crippen LogP contribution is -2.48. The van der Waals surface area contributed by atoms with Crippen LogP contribution in [-0.4, -0.2) is 41.1 Å². The Kier molecular flexibility index (Phi) is 6.39. The van der Waals surface area contributed by atoms with E-state index in [-0.39, 0.29) is 5.91 Å². The van der Waals surface area contributed by atoms with Crippen LogP contribution in [0.1, 0.15) is 17.5 Å². The first-order chi connectivity index (χ1) is 13.5. The predicted molar refractivity (Wildman–Crippen MR) is 101 cm³/mol. The van der Waals surface area contributed by atoms with Gasteiger partial charge in [-0.2, -0.15) is 0 Å². The average Bonchev–Trinajstić information content (AvgIpc) is 3.52. The standard InChI is InChI=1S/C21H22N2O5/c24-19(22-13-15-9-5-2-6-10-15)16(12-11-14-7-3-1-4-8-14)23-20(25)17-18(28-17)21(26)27/h1-10,16-18H,11-13H2,(H,22,24)(H,23,25)(H,26,27)/t16-,17-,18-/m0/s1. The minimum absolute atomic E-state index is 0.319. The number of carboxylic acids is 1. The highest BCUT2D eigenvalue weighted by Crippen LogP contribution is 2.22. The lowest BCUT2D eigenvalue weighted by atomic mass is 10.0. The van der Waals surface area contributed by atoms with Crippen LogP contribution >= 0.6 is 0 Å². The fourth-order valence-corrected chi connectivity index (χ4v) is 2.89. The zero-order chi connectivity index (χ0) is 19.9. The van der Waals surface area contributed by atoms with Gasteiger partial charge in [-0.3, -0.25) is 9.59 Å². The zero-order valence-electron chi connectivity index (χ0n) is 15.2. The summed E-state index contributed by atoms with van der Waals surface area (Å²) in [4.78, 5) is 35.8. The Morgan fingerprint density at radius 1 is 0.929 bits per heavy atom. The van der Waals surface area contributed by atoms with E-state index >= 15 is 0 Å². The van der Waals surface area contributed by atoms with Crippen molar-refractivity contribution >= 4 is 17.8 Å². The number of rotatable bonds is 9. The van der Waals surface area contributed by atoms with Crippen LogP contribution in [-0.2, 0) is 32.1 Å². The third-order valence-corrected chi connectivity index (χ3v) is 4.50. The first-order valence-electron chi connectivity index (χ1n) is 9.09. The van der Waals surface area contributed by atoms with E-state index < -0.39 is 30.1 Å². The molecule has 3 rings (SSSR count). The van der Waals surface area contributed by atoms with Gasteiger partial charge in [0, 0.05) is 6.54 Å². The van der Waals surface area contributed by atoms with E-state index in [9.17, 15) is 14.4 Å². The molecule has 28 heavy (non-hydrogen) atoms. The number of carbonyl (C=O) groups is 3. The molecule has 1 aliphatic heterocycles. The number of amides is 2. The van der Waals surface area contributed by atoms with Gasteiger partial charge in [-0.25, -0.2) is 4.79 Å². The fourth-order valence-electron chi connectivity index (χ4n) is 2.89. The Hall–Kier alpha value is -3.19. The topological polar surface area (TPSA) is 108 Å². The summed E-state index contributed by atoms with van der Waals surface area (Å²) in [7, 11) is 0. The monoisotopic (exact) mass is 382 g/mol. The highest BCUT2D eigenvalue weighted by Gasteiger charge is 2.51.